The lowest BCUT2D eigenvalue weighted by atomic mass is 10.1. The summed E-state index contributed by atoms with van der Waals surface area (Å²) in [6.07, 6.45) is -4.53. The number of ether oxygens (including phenoxy) is 1. The third kappa shape index (κ3) is 4.28. The van der Waals surface area contributed by atoms with Gasteiger partial charge in [0.15, 0.2) is 18.1 Å². The number of benzene rings is 2. The molecule has 0 bridgehead atoms. The Balaban J connectivity index is 2.03. The van der Waals surface area contributed by atoms with E-state index in [9.17, 15) is 17.6 Å². The van der Waals surface area contributed by atoms with E-state index in [-0.39, 0.29) is 17.4 Å². The van der Waals surface area contributed by atoms with Crippen molar-refractivity contribution >= 4 is 0 Å². The van der Waals surface area contributed by atoms with E-state index in [0.717, 1.165) is 12.1 Å². The van der Waals surface area contributed by atoms with Crippen molar-refractivity contribution < 1.29 is 22.3 Å². The molecule has 3 rings (SSSR count). The van der Waals surface area contributed by atoms with Gasteiger partial charge in [-0.1, -0.05) is 30.3 Å². The van der Waals surface area contributed by atoms with Gasteiger partial charge in [-0.15, -0.1) is 10.2 Å². The van der Waals surface area contributed by atoms with Crippen LogP contribution in [0, 0.1) is 5.82 Å². The molecule has 0 aliphatic heterocycles. The van der Waals surface area contributed by atoms with Crippen LogP contribution in [0.1, 0.15) is 0 Å². The molecule has 1 aromatic heterocycles. The van der Waals surface area contributed by atoms with E-state index in [4.69, 9.17) is 4.74 Å². The van der Waals surface area contributed by atoms with Crippen LogP contribution in [0.5, 0.6) is 5.88 Å². The van der Waals surface area contributed by atoms with Crippen molar-refractivity contribution in [3.8, 4) is 28.5 Å². The van der Waals surface area contributed by atoms with Gasteiger partial charge >= 0.3 is 6.18 Å². The quantitative estimate of drug-likeness (QED) is 0.660. The summed E-state index contributed by atoms with van der Waals surface area (Å²) in [7, 11) is 0. The van der Waals surface area contributed by atoms with Crippen molar-refractivity contribution in [2.24, 2.45) is 0 Å². The molecule has 128 valence electrons. The zero-order valence-corrected chi connectivity index (χ0v) is 12.7. The molecule has 2 aromatic carbocycles. The molecule has 0 N–H and O–H groups in total. The molecule has 0 amide bonds. The minimum atomic E-state index is -4.53. The summed E-state index contributed by atoms with van der Waals surface area (Å²) in [4.78, 5) is 4.06. The van der Waals surface area contributed by atoms with Gasteiger partial charge in [0.1, 0.15) is 5.82 Å². The Hall–Kier alpha value is -3.03. The molecule has 25 heavy (non-hydrogen) atoms. The second-order valence-electron chi connectivity index (χ2n) is 5.07. The highest BCUT2D eigenvalue weighted by atomic mass is 19.4. The van der Waals surface area contributed by atoms with E-state index in [2.05, 4.69) is 15.2 Å². The molecule has 1 heterocycles. The first kappa shape index (κ1) is 16.8. The predicted octanol–water partition coefficient (Wildman–Crippen LogP) is 4.29. The summed E-state index contributed by atoms with van der Waals surface area (Å²) in [5.74, 6) is -0.676. The number of rotatable bonds is 4. The molecule has 3 aromatic rings. The fraction of sp³-hybridized carbons (Fsp3) is 0.118. The molecule has 0 spiro atoms. The number of hydrogen-bond donors (Lipinski definition) is 0. The first-order chi connectivity index (χ1) is 11.9. The molecular weight excluding hydrogens is 338 g/mol. The normalized spacial score (nSPS) is 11.4. The summed E-state index contributed by atoms with van der Waals surface area (Å²) < 4.78 is 55.4. The standard InChI is InChI=1S/C17H11F4N3O/c18-13-8-6-11(7-9-13)14-16(25-10-17(19,20)21)22-15(24-23-14)12-4-2-1-3-5-12/h1-9H,10H2. The Morgan fingerprint density at radius 3 is 2.16 bits per heavy atom. The predicted molar refractivity (Wildman–Crippen MR) is 82.2 cm³/mol. The monoisotopic (exact) mass is 349 g/mol. The average molecular weight is 349 g/mol. The third-order valence-electron chi connectivity index (χ3n) is 3.18. The SMILES string of the molecule is Fc1ccc(-c2nnc(-c3ccccc3)nc2OCC(F)(F)F)cc1. The number of nitrogens with zero attached hydrogens (tertiary/aromatic N) is 3. The summed E-state index contributed by atoms with van der Waals surface area (Å²) in [5.41, 5.74) is 0.930. The van der Waals surface area contributed by atoms with Gasteiger partial charge in [0.05, 0.1) is 0 Å². The fourth-order valence-corrected chi connectivity index (χ4v) is 2.06. The van der Waals surface area contributed by atoms with Gasteiger partial charge < -0.3 is 4.74 Å². The van der Waals surface area contributed by atoms with E-state index in [1.165, 1.54) is 12.1 Å². The maximum atomic E-state index is 13.1. The maximum Gasteiger partial charge on any atom is 0.422 e. The van der Waals surface area contributed by atoms with Crippen LogP contribution in [-0.2, 0) is 0 Å². The fourth-order valence-electron chi connectivity index (χ4n) is 2.06. The molecule has 8 heteroatoms. The van der Waals surface area contributed by atoms with Gasteiger partial charge in [0.2, 0.25) is 5.88 Å². The molecule has 0 unspecified atom stereocenters. The molecule has 4 nitrogen and oxygen atoms in total. The largest absolute Gasteiger partial charge is 0.466 e. The van der Waals surface area contributed by atoms with Crippen LogP contribution >= 0.6 is 0 Å². The first-order valence-electron chi connectivity index (χ1n) is 7.18. The van der Waals surface area contributed by atoms with Crippen LogP contribution in [-0.4, -0.2) is 28.0 Å². The topological polar surface area (TPSA) is 47.9 Å². The van der Waals surface area contributed by atoms with Gasteiger partial charge in [-0.3, -0.25) is 0 Å². The Bertz CT molecular complexity index is 852. The second kappa shape index (κ2) is 6.84. The van der Waals surface area contributed by atoms with Gasteiger partial charge in [0, 0.05) is 11.1 Å². The average Bonchev–Trinajstić information content (AvgIpc) is 2.61. The molecule has 0 aliphatic carbocycles. The molecule has 0 fully saturated rings. The van der Waals surface area contributed by atoms with Crippen LogP contribution in [0.25, 0.3) is 22.6 Å². The maximum absolute atomic E-state index is 13.1. The van der Waals surface area contributed by atoms with Crippen molar-refractivity contribution in [3.05, 3.63) is 60.4 Å². The zero-order valence-electron chi connectivity index (χ0n) is 12.7. The van der Waals surface area contributed by atoms with Crippen molar-refractivity contribution in [2.75, 3.05) is 6.61 Å². The summed E-state index contributed by atoms with van der Waals surface area (Å²) in [5, 5.41) is 7.87. The van der Waals surface area contributed by atoms with E-state index >= 15 is 0 Å². The van der Waals surface area contributed by atoms with E-state index < -0.39 is 18.6 Å². The van der Waals surface area contributed by atoms with Gasteiger partial charge in [-0.05, 0) is 24.3 Å². The van der Waals surface area contributed by atoms with Crippen LogP contribution < -0.4 is 4.74 Å². The van der Waals surface area contributed by atoms with Gasteiger partial charge in [0.25, 0.3) is 0 Å². The second-order valence-corrected chi connectivity index (χ2v) is 5.07. The van der Waals surface area contributed by atoms with Crippen molar-refractivity contribution in [1.29, 1.82) is 0 Å². The number of hydrogen-bond acceptors (Lipinski definition) is 4. The Labute approximate surface area is 140 Å². The Kier molecular flexibility index (Phi) is 4.60. The summed E-state index contributed by atoms with van der Waals surface area (Å²) in [6.45, 7) is -1.52. The Morgan fingerprint density at radius 2 is 1.52 bits per heavy atom. The van der Waals surface area contributed by atoms with E-state index in [1.807, 2.05) is 0 Å². The van der Waals surface area contributed by atoms with Crippen LogP contribution in [0.2, 0.25) is 0 Å². The molecule has 0 saturated carbocycles. The van der Waals surface area contributed by atoms with E-state index in [1.54, 1.807) is 30.3 Å². The van der Waals surface area contributed by atoms with Gasteiger partial charge in [-0.25, -0.2) is 4.39 Å². The van der Waals surface area contributed by atoms with Crippen LogP contribution in [0.3, 0.4) is 0 Å². The van der Waals surface area contributed by atoms with E-state index in [0.29, 0.717) is 11.1 Å². The lowest BCUT2D eigenvalue weighted by molar-refractivity contribution is -0.154. The summed E-state index contributed by atoms with van der Waals surface area (Å²) in [6, 6.07) is 13.7. The van der Waals surface area contributed by atoms with Crippen molar-refractivity contribution in [1.82, 2.24) is 15.2 Å². The highest BCUT2D eigenvalue weighted by Crippen LogP contribution is 2.29. The minimum absolute atomic E-state index is 0.00364. The number of aromatic nitrogens is 3. The third-order valence-corrected chi connectivity index (χ3v) is 3.18. The van der Waals surface area contributed by atoms with Crippen molar-refractivity contribution in [2.45, 2.75) is 6.18 Å². The molecule has 0 aliphatic rings. The zero-order chi connectivity index (χ0) is 17.9. The molecule has 0 radical (unpaired) electrons. The smallest absolute Gasteiger partial charge is 0.422 e. The summed E-state index contributed by atoms with van der Waals surface area (Å²) >= 11 is 0. The first-order valence-corrected chi connectivity index (χ1v) is 7.18. The highest BCUT2D eigenvalue weighted by Gasteiger charge is 2.29. The lowest BCUT2D eigenvalue weighted by Gasteiger charge is -2.12. The lowest BCUT2D eigenvalue weighted by Crippen LogP contribution is -2.20. The van der Waals surface area contributed by atoms with Crippen LogP contribution in [0.15, 0.2) is 54.6 Å². The van der Waals surface area contributed by atoms with Crippen LogP contribution in [0.4, 0.5) is 17.6 Å². The van der Waals surface area contributed by atoms with Gasteiger partial charge in [-0.2, -0.15) is 18.2 Å². The van der Waals surface area contributed by atoms with Crippen molar-refractivity contribution in [3.63, 3.8) is 0 Å². The minimum Gasteiger partial charge on any atom is -0.466 e. The molecular formula is C17H11F4N3O. The highest BCUT2D eigenvalue weighted by molar-refractivity contribution is 5.65. The molecule has 0 atom stereocenters. The molecule has 0 saturated heterocycles. The number of halogens is 4. The number of alkyl halides is 3. The Morgan fingerprint density at radius 1 is 0.840 bits per heavy atom.